The third-order valence-electron chi connectivity index (χ3n) is 2.83. The minimum Gasteiger partial charge on any atom is -0.479 e. The van der Waals surface area contributed by atoms with Crippen LogP contribution in [0, 0.1) is 0 Å². The number of sulfonamides is 1. The van der Waals surface area contributed by atoms with Crippen molar-refractivity contribution in [3.8, 4) is 0 Å². The van der Waals surface area contributed by atoms with Gasteiger partial charge in [0.2, 0.25) is 10.0 Å². The van der Waals surface area contributed by atoms with Crippen LogP contribution in [0.3, 0.4) is 0 Å². The number of nitrogens with two attached hydrogens (primary N) is 1. The van der Waals surface area contributed by atoms with Crippen LogP contribution in [0.1, 0.15) is 19.3 Å². The van der Waals surface area contributed by atoms with Crippen molar-refractivity contribution < 1.29 is 23.1 Å². The molecule has 0 spiro atoms. The summed E-state index contributed by atoms with van der Waals surface area (Å²) in [5.74, 6) is -0.672. The highest BCUT2D eigenvalue weighted by Crippen LogP contribution is 2.21. The second-order valence-electron chi connectivity index (χ2n) is 4.38. The summed E-state index contributed by atoms with van der Waals surface area (Å²) in [6.45, 7) is 0. The van der Waals surface area contributed by atoms with Crippen LogP contribution in [0.2, 0.25) is 0 Å². The third-order valence-corrected chi connectivity index (χ3v) is 3.76. The predicted octanol–water partition coefficient (Wildman–Crippen LogP) is 1.02. The van der Waals surface area contributed by atoms with E-state index in [1.807, 2.05) is 0 Å². The van der Waals surface area contributed by atoms with Gasteiger partial charge >= 0.3 is 5.97 Å². The Labute approximate surface area is 116 Å². The number of nitrogens with zero attached hydrogens (tertiary/aromatic N) is 1. The molecule has 0 aromatic heterocycles. The molecule has 7 nitrogen and oxygen atoms in total. The first-order chi connectivity index (χ1) is 9.36. The predicted molar refractivity (Wildman–Crippen MR) is 71.3 cm³/mol. The lowest BCUT2D eigenvalue weighted by atomic mass is 10.1. The van der Waals surface area contributed by atoms with Crippen molar-refractivity contribution in [1.82, 2.24) is 0 Å². The average Bonchev–Trinajstić information content (AvgIpc) is 2.38. The number of benzene rings is 1. The molecule has 1 fully saturated rings. The maximum absolute atomic E-state index is 11.1. The second kappa shape index (κ2) is 5.59. The maximum Gasteiger partial charge on any atom is 0.344 e. The third kappa shape index (κ3) is 3.55. The first-order valence-electron chi connectivity index (χ1n) is 5.96. The van der Waals surface area contributed by atoms with E-state index in [9.17, 15) is 13.2 Å². The molecule has 1 aliphatic heterocycles. The van der Waals surface area contributed by atoms with Gasteiger partial charge in [-0.3, -0.25) is 0 Å². The molecular formula is C12H14N2O5S. The van der Waals surface area contributed by atoms with Crippen molar-refractivity contribution in [1.29, 1.82) is 0 Å². The standard InChI is InChI=1S/C12H14N2O5S/c13-20(17,18)9-6-4-8(5-7-9)14-11-3-1-2-10(19-11)12(15)16/h4-7,10H,1-3H2,(H,15,16)(H2,13,17,18). The van der Waals surface area contributed by atoms with Gasteiger partial charge in [0.15, 0.2) is 12.0 Å². The summed E-state index contributed by atoms with van der Waals surface area (Å²) in [6, 6.07) is 5.65. The molecule has 1 aliphatic rings. The minimum atomic E-state index is -3.73. The van der Waals surface area contributed by atoms with E-state index in [0.29, 0.717) is 30.8 Å². The molecule has 2 rings (SSSR count). The fourth-order valence-electron chi connectivity index (χ4n) is 1.83. The number of carboxylic acids is 1. The number of aliphatic imine (C=N–C) groups is 1. The molecule has 20 heavy (non-hydrogen) atoms. The molecule has 1 aromatic rings. The molecule has 0 aliphatic carbocycles. The van der Waals surface area contributed by atoms with E-state index in [0.717, 1.165) is 0 Å². The fraction of sp³-hybridized carbons (Fsp3) is 0.333. The van der Waals surface area contributed by atoms with E-state index in [-0.39, 0.29) is 4.90 Å². The lowest BCUT2D eigenvalue weighted by Gasteiger charge is -2.21. The zero-order chi connectivity index (χ0) is 14.8. The van der Waals surface area contributed by atoms with E-state index >= 15 is 0 Å². The van der Waals surface area contributed by atoms with Crippen molar-refractivity contribution in [3.05, 3.63) is 24.3 Å². The van der Waals surface area contributed by atoms with Gasteiger partial charge < -0.3 is 9.84 Å². The van der Waals surface area contributed by atoms with Crippen LogP contribution >= 0.6 is 0 Å². The Bertz CT molecular complexity index is 636. The van der Waals surface area contributed by atoms with Crippen LogP contribution in [0.15, 0.2) is 34.2 Å². The van der Waals surface area contributed by atoms with Gasteiger partial charge in [-0.05, 0) is 37.1 Å². The van der Waals surface area contributed by atoms with Crippen molar-refractivity contribution in [2.75, 3.05) is 0 Å². The Morgan fingerprint density at radius 3 is 2.55 bits per heavy atom. The summed E-state index contributed by atoms with van der Waals surface area (Å²) in [6.07, 6.45) is 0.830. The van der Waals surface area contributed by atoms with Gasteiger partial charge in [-0.1, -0.05) is 0 Å². The molecule has 3 N–H and O–H groups in total. The quantitative estimate of drug-likeness (QED) is 0.863. The number of carbonyl (C=O) groups is 1. The Kier molecular flexibility index (Phi) is 4.05. The summed E-state index contributed by atoms with van der Waals surface area (Å²) in [4.78, 5) is 15.0. The first-order valence-corrected chi connectivity index (χ1v) is 7.51. The molecule has 8 heteroatoms. The molecule has 108 valence electrons. The molecule has 1 saturated heterocycles. The number of hydrogen-bond acceptors (Lipinski definition) is 5. The molecule has 1 aromatic carbocycles. The Morgan fingerprint density at radius 2 is 2.00 bits per heavy atom. The Balaban J connectivity index is 2.16. The van der Waals surface area contributed by atoms with Gasteiger partial charge in [0.05, 0.1) is 10.6 Å². The van der Waals surface area contributed by atoms with Crippen LogP contribution in [-0.4, -0.2) is 31.5 Å². The number of carboxylic acid groups (broad SMARTS) is 1. The SMILES string of the molecule is NS(=O)(=O)c1ccc(N=C2CCCC(C(=O)O)O2)cc1. The summed E-state index contributed by atoms with van der Waals surface area (Å²) in [5.41, 5.74) is 0.485. The summed E-state index contributed by atoms with van der Waals surface area (Å²) in [5, 5.41) is 13.9. The van der Waals surface area contributed by atoms with E-state index in [1.54, 1.807) is 0 Å². The lowest BCUT2D eigenvalue weighted by Crippen LogP contribution is -2.30. The number of rotatable bonds is 3. The van der Waals surface area contributed by atoms with Gasteiger partial charge in [0.1, 0.15) is 0 Å². The number of ether oxygens (including phenoxy) is 1. The zero-order valence-corrected chi connectivity index (χ0v) is 11.3. The van der Waals surface area contributed by atoms with Crippen molar-refractivity contribution in [2.45, 2.75) is 30.3 Å². The van der Waals surface area contributed by atoms with Crippen LogP contribution < -0.4 is 5.14 Å². The molecule has 1 unspecified atom stereocenters. The summed E-state index contributed by atoms with van der Waals surface area (Å²) < 4.78 is 27.5. The van der Waals surface area contributed by atoms with Crippen LogP contribution in [0.25, 0.3) is 0 Å². The van der Waals surface area contributed by atoms with Gasteiger partial charge in [0, 0.05) is 6.42 Å². The average molecular weight is 298 g/mol. The highest BCUT2D eigenvalue weighted by molar-refractivity contribution is 7.89. The largest absolute Gasteiger partial charge is 0.479 e. The van der Waals surface area contributed by atoms with E-state index < -0.39 is 22.1 Å². The smallest absolute Gasteiger partial charge is 0.344 e. The maximum atomic E-state index is 11.1. The van der Waals surface area contributed by atoms with Gasteiger partial charge in [-0.15, -0.1) is 0 Å². The number of primary sulfonamides is 1. The van der Waals surface area contributed by atoms with E-state index in [2.05, 4.69) is 4.99 Å². The van der Waals surface area contributed by atoms with E-state index in [1.165, 1.54) is 24.3 Å². The highest BCUT2D eigenvalue weighted by atomic mass is 32.2. The van der Waals surface area contributed by atoms with Gasteiger partial charge in [-0.25, -0.2) is 23.3 Å². The Morgan fingerprint density at radius 1 is 1.35 bits per heavy atom. The topological polar surface area (TPSA) is 119 Å². The van der Waals surface area contributed by atoms with Crippen molar-refractivity contribution >= 4 is 27.6 Å². The molecule has 0 saturated carbocycles. The van der Waals surface area contributed by atoms with Crippen LogP contribution in [0.5, 0.6) is 0 Å². The minimum absolute atomic E-state index is 0.00516. The fourth-order valence-corrected chi connectivity index (χ4v) is 2.35. The summed E-state index contributed by atoms with van der Waals surface area (Å²) in [7, 11) is -3.73. The van der Waals surface area contributed by atoms with Crippen molar-refractivity contribution in [3.63, 3.8) is 0 Å². The van der Waals surface area contributed by atoms with Crippen LogP contribution in [0.4, 0.5) is 5.69 Å². The monoisotopic (exact) mass is 298 g/mol. The molecular weight excluding hydrogens is 284 g/mol. The molecule has 0 amide bonds. The normalized spacial score (nSPS) is 21.4. The second-order valence-corrected chi connectivity index (χ2v) is 5.94. The summed E-state index contributed by atoms with van der Waals surface area (Å²) >= 11 is 0. The Hall–Kier alpha value is -1.93. The number of aliphatic carboxylic acids is 1. The first kappa shape index (κ1) is 14.5. The highest BCUT2D eigenvalue weighted by Gasteiger charge is 2.25. The van der Waals surface area contributed by atoms with Crippen LogP contribution in [-0.2, 0) is 19.6 Å². The molecule has 0 bridgehead atoms. The van der Waals surface area contributed by atoms with E-state index in [4.69, 9.17) is 15.0 Å². The lowest BCUT2D eigenvalue weighted by molar-refractivity contribution is -0.146. The molecule has 1 atom stereocenters. The van der Waals surface area contributed by atoms with Crippen molar-refractivity contribution in [2.24, 2.45) is 10.1 Å². The molecule has 0 radical (unpaired) electrons. The van der Waals surface area contributed by atoms with Gasteiger partial charge in [0.25, 0.3) is 0 Å². The zero-order valence-electron chi connectivity index (χ0n) is 10.5. The number of hydrogen-bond donors (Lipinski definition) is 2. The molecule has 1 heterocycles. The van der Waals surface area contributed by atoms with Gasteiger partial charge in [-0.2, -0.15) is 0 Å².